The van der Waals surface area contributed by atoms with Crippen LogP contribution in [0.5, 0.6) is 11.5 Å². The topological polar surface area (TPSA) is 182 Å². The van der Waals surface area contributed by atoms with Crippen molar-refractivity contribution in [1.82, 2.24) is 10.6 Å². The van der Waals surface area contributed by atoms with E-state index in [-0.39, 0.29) is 48.7 Å². The van der Waals surface area contributed by atoms with Crippen LogP contribution in [0.3, 0.4) is 0 Å². The van der Waals surface area contributed by atoms with Crippen molar-refractivity contribution < 1.29 is 57.2 Å². The number of benzene rings is 5. The Kier molecular flexibility index (Phi) is 15.1. The summed E-state index contributed by atoms with van der Waals surface area (Å²) >= 11 is 0. The Bertz CT molecular complexity index is 2020. The first-order chi connectivity index (χ1) is 28.1. The second-order valence-electron chi connectivity index (χ2n) is 12.6. The van der Waals surface area contributed by atoms with Gasteiger partial charge in [0.2, 0.25) is 0 Å². The van der Waals surface area contributed by atoms with E-state index in [1.807, 2.05) is 36.4 Å². The van der Waals surface area contributed by atoms with Crippen molar-refractivity contribution in [1.29, 1.82) is 0 Å². The van der Waals surface area contributed by atoms with Gasteiger partial charge in [-0.3, -0.25) is 0 Å². The van der Waals surface area contributed by atoms with Crippen LogP contribution in [0.15, 0.2) is 133 Å². The van der Waals surface area contributed by atoms with Crippen LogP contribution in [0.25, 0.3) is 0 Å². The second-order valence-corrected chi connectivity index (χ2v) is 12.6. The average Bonchev–Trinajstić information content (AvgIpc) is 3.26. The molecular formula is C44H40N2O12. The smallest absolute Gasteiger partial charge is 0.408 e. The molecule has 5 rings (SSSR count). The molecule has 58 heavy (non-hydrogen) atoms. The lowest BCUT2D eigenvalue weighted by molar-refractivity contribution is -0.143. The van der Waals surface area contributed by atoms with Crippen LogP contribution in [0.4, 0.5) is 9.59 Å². The van der Waals surface area contributed by atoms with Crippen molar-refractivity contribution in [2.75, 3.05) is 14.2 Å². The van der Waals surface area contributed by atoms with Crippen molar-refractivity contribution in [3.8, 4) is 11.5 Å². The number of alkyl carbamates (subject to hydrolysis) is 2. The molecule has 0 aromatic heterocycles. The van der Waals surface area contributed by atoms with Gasteiger partial charge in [0.1, 0.15) is 36.8 Å². The summed E-state index contributed by atoms with van der Waals surface area (Å²) in [6.45, 7) is 0.0505. The van der Waals surface area contributed by atoms with Crippen molar-refractivity contribution in [2.24, 2.45) is 0 Å². The SMILES string of the molecule is COC(=O)[C@H](Cc1ccc(OC(=O)c2cccc(C(=O)Oc3ccc(C[C@H](NC(=O)OCc4ccccc4)C(=O)OC)cc3)c2)cc1)NC(=O)OCc1ccccc1. The Labute approximate surface area is 334 Å². The summed E-state index contributed by atoms with van der Waals surface area (Å²) in [6, 6.07) is 34.5. The van der Waals surface area contributed by atoms with Gasteiger partial charge in [-0.15, -0.1) is 0 Å². The molecule has 0 unspecified atom stereocenters. The minimum atomic E-state index is -1.04. The van der Waals surface area contributed by atoms with E-state index >= 15 is 0 Å². The lowest BCUT2D eigenvalue weighted by Crippen LogP contribution is -2.43. The molecule has 5 aromatic rings. The van der Waals surface area contributed by atoms with Gasteiger partial charge in [0.25, 0.3) is 0 Å². The summed E-state index contributed by atoms with van der Waals surface area (Å²) in [7, 11) is 2.42. The number of carbonyl (C=O) groups excluding carboxylic acids is 6. The molecule has 0 saturated carbocycles. The van der Waals surface area contributed by atoms with E-state index in [2.05, 4.69) is 10.6 Å². The zero-order valence-electron chi connectivity index (χ0n) is 31.6. The molecule has 2 atom stereocenters. The van der Waals surface area contributed by atoms with Crippen LogP contribution in [0.2, 0.25) is 0 Å². The number of carbonyl (C=O) groups is 6. The van der Waals surface area contributed by atoms with Crippen LogP contribution < -0.4 is 20.1 Å². The van der Waals surface area contributed by atoms with Gasteiger partial charge in [0.05, 0.1) is 25.3 Å². The van der Waals surface area contributed by atoms with E-state index in [1.165, 1.54) is 62.8 Å². The number of hydrogen-bond acceptors (Lipinski definition) is 12. The first kappa shape index (κ1) is 41.7. The molecule has 14 heteroatoms. The van der Waals surface area contributed by atoms with Crippen LogP contribution >= 0.6 is 0 Å². The largest absolute Gasteiger partial charge is 0.467 e. The molecule has 0 saturated heterocycles. The maximum atomic E-state index is 13.0. The summed E-state index contributed by atoms with van der Waals surface area (Å²) in [4.78, 5) is 75.7. The van der Waals surface area contributed by atoms with Gasteiger partial charge in [-0.2, -0.15) is 0 Å². The predicted octanol–water partition coefficient (Wildman–Crippen LogP) is 6.15. The number of nitrogens with one attached hydrogen (secondary N) is 2. The maximum absolute atomic E-state index is 13.0. The zero-order chi connectivity index (χ0) is 41.3. The molecule has 0 aliphatic heterocycles. The lowest BCUT2D eigenvalue weighted by atomic mass is 10.1. The summed E-state index contributed by atoms with van der Waals surface area (Å²) in [5.74, 6) is -2.42. The molecule has 2 N–H and O–H groups in total. The van der Waals surface area contributed by atoms with E-state index in [0.29, 0.717) is 11.1 Å². The Balaban J connectivity index is 1.12. The molecule has 0 aliphatic carbocycles. The van der Waals surface area contributed by atoms with Crippen LogP contribution in [0.1, 0.15) is 43.0 Å². The third kappa shape index (κ3) is 12.8. The molecule has 0 heterocycles. The van der Waals surface area contributed by atoms with E-state index in [0.717, 1.165) is 11.1 Å². The average molecular weight is 789 g/mol. The van der Waals surface area contributed by atoms with Gasteiger partial charge in [-0.1, -0.05) is 91.0 Å². The minimum absolute atomic E-state index is 0.0252. The molecule has 14 nitrogen and oxygen atoms in total. The maximum Gasteiger partial charge on any atom is 0.408 e. The third-order valence-corrected chi connectivity index (χ3v) is 8.46. The van der Waals surface area contributed by atoms with Gasteiger partial charge in [-0.25, -0.2) is 28.8 Å². The molecule has 298 valence electrons. The summed E-state index contributed by atoms with van der Waals surface area (Å²) < 4.78 is 31.2. The highest BCUT2D eigenvalue weighted by Crippen LogP contribution is 2.19. The highest BCUT2D eigenvalue weighted by atomic mass is 16.6. The van der Waals surface area contributed by atoms with Crippen molar-refractivity contribution in [2.45, 2.75) is 38.1 Å². The fraction of sp³-hybridized carbons (Fsp3) is 0.182. The summed E-state index contributed by atoms with van der Waals surface area (Å²) in [6.07, 6.45) is -1.43. The second kappa shape index (κ2) is 21.0. The minimum Gasteiger partial charge on any atom is -0.467 e. The van der Waals surface area contributed by atoms with E-state index in [9.17, 15) is 28.8 Å². The summed E-state index contributed by atoms with van der Waals surface area (Å²) in [5, 5.41) is 5.04. The van der Waals surface area contributed by atoms with Crippen LogP contribution in [-0.4, -0.2) is 62.4 Å². The molecular weight excluding hydrogens is 748 g/mol. The highest BCUT2D eigenvalue weighted by Gasteiger charge is 2.24. The quantitative estimate of drug-likeness (QED) is 0.0663. The Morgan fingerprint density at radius 2 is 0.845 bits per heavy atom. The van der Waals surface area contributed by atoms with Crippen LogP contribution in [-0.2, 0) is 54.6 Å². The predicted molar refractivity (Wildman–Crippen MR) is 208 cm³/mol. The molecule has 0 aliphatic rings. The van der Waals surface area contributed by atoms with Gasteiger partial charge in [0, 0.05) is 12.8 Å². The Hall–Kier alpha value is -7.48. The van der Waals surface area contributed by atoms with Gasteiger partial charge < -0.3 is 39.1 Å². The first-order valence-electron chi connectivity index (χ1n) is 17.9. The van der Waals surface area contributed by atoms with Crippen molar-refractivity contribution in [3.05, 3.63) is 167 Å². The van der Waals surface area contributed by atoms with Gasteiger partial charge in [0.15, 0.2) is 0 Å². The number of amides is 2. The molecule has 0 spiro atoms. The van der Waals surface area contributed by atoms with Gasteiger partial charge in [-0.05, 0) is 64.7 Å². The normalized spacial score (nSPS) is 11.5. The highest BCUT2D eigenvalue weighted by molar-refractivity contribution is 5.96. The van der Waals surface area contributed by atoms with Gasteiger partial charge >= 0.3 is 36.1 Å². The number of esters is 4. The fourth-order valence-electron chi connectivity index (χ4n) is 5.45. The van der Waals surface area contributed by atoms with E-state index in [1.54, 1.807) is 48.5 Å². The Morgan fingerprint density at radius 1 is 0.466 bits per heavy atom. The third-order valence-electron chi connectivity index (χ3n) is 8.46. The Morgan fingerprint density at radius 3 is 1.21 bits per heavy atom. The lowest BCUT2D eigenvalue weighted by Gasteiger charge is -2.17. The molecule has 0 bridgehead atoms. The fourth-order valence-corrected chi connectivity index (χ4v) is 5.45. The number of methoxy groups -OCH3 is 2. The summed E-state index contributed by atoms with van der Waals surface area (Å²) in [5.41, 5.74) is 3.01. The van der Waals surface area contributed by atoms with Crippen LogP contribution in [0, 0.1) is 0 Å². The van der Waals surface area contributed by atoms with Crippen molar-refractivity contribution in [3.63, 3.8) is 0 Å². The number of hydrogen-bond donors (Lipinski definition) is 2. The molecule has 0 fully saturated rings. The number of ether oxygens (including phenoxy) is 6. The standard InChI is InChI=1S/C44H40N2O12/c1-53-41(49)37(45-43(51)55-27-31-10-5-3-6-11-31)24-29-16-20-35(21-17-29)57-39(47)33-14-9-15-34(26-33)40(48)58-36-22-18-30(19-23-36)25-38(42(50)54-2)46-44(52)56-28-32-12-7-4-8-13-32/h3-23,26,37-38H,24-25,27-28H2,1-2H3,(H,45,51)(H,46,52)/t37-,38-/m0/s1. The first-order valence-corrected chi connectivity index (χ1v) is 17.9. The molecule has 2 amide bonds. The molecule has 0 radical (unpaired) electrons. The zero-order valence-corrected chi connectivity index (χ0v) is 31.6. The van der Waals surface area contributed by atoms with Crippen molar-refractivity contribution >= 4 is 36.1 Å². The monoisotopic (exact) mass is 788 g/mol. The van der Waals surface area contributed by atoms with E-state index < -0.39 is 48.1 Å². The molecule has 5 aromatic carbocycles. The van der Waals surface area contributed by atoms with E-state index in [4.69, 9.17) is 28.4 Å². The number of rotatable bonds is 16.